The van der Waals surface area contributed by atoms with Crippen molar-refractivity contribution in [3.05, 3.63) is 40.7 Å². The molecule has 3 rings (SSSR count). The van der Waals surface area contributed by atoms with Gasteiger partial charge in [0.1, 0.15) is 10.8 Å². The standard InChI is InChI=1S/C14H15FN4OS/c1-10-16-17-14(21-10)19-7-5-18(6-8-19)13(20)11-3-2-4-12(15)9-11/h2-4,9H,5-8H2,1H3. The lowest BCUT2D eigenvalue weighted by Crippen LogP contribution is -2.48. The third-order valence-corrected chi connectivity index (χ3v) is 4.32. The van der Waals surface area contributed by atoms with E-state index >= 15 is 0 Å². The number of aromatic nitrogens is 2. The molecule has 1 aromatic heterocycles. The molecule has 5 nitrogen and oxygen atoms in total. The van der Waals surface area contributed by atoms with Crippen LogP contribution in [0.5, 0.6) is 0 Å². The topological polar surface area (TPSA) is 49.3 Å². The Balaban J connectivity index is 1.64. The van der Waals surface area contributed by atoms with Gasteiger partial charge in [0.15, 0.2) is 0 Å². The second-order valence-corrected chi connectivity index (χ2v) is 6.05. The van der Waals surface area contributed by atoms with Crippen LogP contribution in [0.4, 0.5) is 9.52 Å². The van der Waals surface area contributed by atoms with Gasteiger partial charge in [-0.1, -0.05) is 17.4 Å². The molecule has 21 heavy (non-hydrogen) atoms. The molecule has 1 fully saturated rings. The van der Waals surface area contributed by atoms with Crippen LogP contribution < -0.4 is 4.90 Å². The molecule has 0 spiro atoms. The van der Waals surface area contributed by atoms with Gasteiger partial charge in [0.05, 0.1) is 0 Å². The van der Waals surface area contributed by atoms with Crippen molar-refractivity contribution in [1.82, 2.24) is 15.1 Å². The lowest BCUT2D eigenvalue weighted by Gasteiger charge is -2.34. The summed E-state index contributed by atoms with van der Waals surface area (Å²) in [7, 11) is 0. The third kappa shape index (κ3) is 3.02. The second kappa shape index (κ2) is 5.77. The minimum atomic E-state index is -0.385. The Hall–Kier alpha value is -2.02. The summed E-state index contributed by atoms with van der Waals surface area (Å²) in [6.45, 7) is 4.57. The van der Waals surface area contributed by atoms with Crippen LogP contribution in [0.15, 0.2) is 24.3 Å². The molecule has 2 heterocycles. The van der Waals surface area contributed by atoms with E-state index in [1.54, 1.807) is 28.4 Å². The monoisotopic (exact) mass is 306 g/mol. The quantitative estimate of drug-likeness (QED) is 0.851. The molecule has 1 aliphatic heterocycles. The molecule has 0 N–H and O–H groups in total. The summed E-state index contributed by atoms with van der Waals surface area (Å²) >= 11 is 1.55. The molecule has 0 saturated carbocycles. The Bertz CT molecular complexity index is 652. The van der Waals surface area contributed by atoms with Crippen molar-refractivity contribution in [1.29, 1.82) is 0 Å². The van der Waals surface area contributed by atoms with E-state index in [0.717, 1.165) is 23.2 Å². The highest BCUT2D eigenvalue weighted by Gasteiger charge is 2.23. The molecule has 0 atom stereocenters. The Morgan fingerprint density at radius 3 is 2.62 bits per heavy atom. The molecular formula is C14H15FN4OS. The van der Waals surface area contributed by atoms with Crippen molar-refractivity contribution < 1.29 is 9.18 Å². The first-order valence-electron chi connectivity index (χ1n) is 6.73. The highest BCUT2D eigenvalue weighted by Crippen LogP contribution is 2.21. The minimum Gasteiger partial charge on any atom is -0.343 e. The predicted octanol–water partition coefficient (Wildman–Crippen LogP) is 1.95. The van der Waals surface area contributed by atoms with Crippen LogP contribution >= 0.6 is 11.3 Å². The van der Waals surface area contributed by atoms with Gasteiger partial charge in [0, 0.05) is 31.7 Å². The van der Waals surface area contributed by atoms with Gasteiger partial charge in [-0.15, -0.1) is 10.2 Å². The van der Waals surface area contributed by atoms with Crippen molar-refractivity contribution in [2.75, 3.05) is 31.1 Å². The minimum absolute atomic E-state index is 0.123. The SMILES string of the molecule is Cc1nnc(N2CCN(C(=O)c3cccc(F)c3)CC2)s1. The van der Waals surface area contributed by atoms with E-state index in [1.165, 1.54) is 12.1 Å². The summed E-state index contributed by atoms with van der Waals surface area (Å²) in [4.78, 5) is 16.2. The van der Waals surface area contributed by atoms with E-state index in [1.807, 2.05) is 6.92 Å². The number of hydrogen-bond donors (Lipinski definition) is 0. The zero-order chi connectivity index (χ0) is 14.8. The Labute approximate surface area is 126 Å². The van der Waals surface area contributed by atoms with Crippen LogP contribution in [-0.2, 0) is 0 Å². The first-order valence-corrected chi connectivity index (χ1v) is 7.55. The summed E-state index contributed by atoms with van der Waals surface area (Å²) in [5, 5.41) is 9.96. The molecule has 1 amide bonds. The van der Waals surface area contributed by atoms with Crippen LogP contribution in [-0.4, -0.2) is 47.2 Å². The van der Waals surface area contributed by atoms with Crippen LogP contribution in [0.3, 0.4) is 0 Å². The van der Waals surface area contributed by atoms with Gasteiger partial charge in [-0.25, -0.2) is 4.39 Å². The number of anilines is 1. The number of halogens is 1. The third-order valence-electron chi connectivity index (χ3n) is 3.42. The average molecular weight is 306 g/mol. The molecule has 2 aromatic rings. The number of nitrogens with zero attached hydrogens (tertiary/aromatic N) is 4. The summed E-state index contributed by atoms with van der Waals surface area (Å²) in [5.74, 6) is -0.508. The second-order valence-electron chi connectivity index (χ2n) is 4.89. The predicted molar refractivity (Wildman–Crippen MR) is 79.2 cm³/mol. The van der Waals surface area contributed by atoms with Crippen LogP contribution in [0.2, 0.25) is 0 Å². The Morgan fingerprint density at radius 1 is 1.24 bits per heavy atom. The molecule has 1 saturated heterocycles. The molecule has 7 heteroatoms. The molecule has 0 aliphatic carbocycles. The molecule has 0 unspecified atom stereocenters. The number of amides is 1. The number of benzene rings is 1. The van der Waals surface area contributed by atoms with E-state index in [0.29, 0.717) is 18.7 Å². The summed E-state index contributed by atoms with van der Waals surface area (Å²) in [6.07, 6.45) is 0. The van der Waals surface area contributed by atoms with Crippen molar-refractivity contribution >= 4 is 22.4 Å². The lowest BCUT2D eigenvalue weighted by atomic mass is 10.2. The van der Waals surface area contributed by atoms with Crippen molar-refractivity contribution in [2.24, 2.45) is 0 Å². The smallest absolute Gasteiger partial charge is 0.254 e. The fourth-order valence-corrected chi connectivity index (χ4v) is 3.06. The van der Waals surface area contributed by atoms with E-state index < -0.39 is 0 Å². The van der Waals surface area contributed by atoms with Crippen molar-refractivity contribution in [3.63, 3.8) is 0 Å². The first-order chi connectivity index (χ1) is 10.1. The molecular weight excluding hydrogens is 291 g/mol. The maximum absolute atomic E-state index is 13.2. The average Bonchev–Trinajstić information content (AvgIpc) is 2.93. The zero-order valence-electron chi connectivity index (χ0n) is 11.6. The highest BCUT2D eigenvalue weighted by atomic mass is 32.1. The van der Waals surface area contributed by atoms with Gasteiger partial charge in [-0.05, 0) is 25.1 Å². The van der Waals surface area contributed by atoms with Crippen LogP contribution in [0.25, 0.3) is 0 Å². The lowest BCUT2D eigenvalue weighted by molar-refractivity contribution is 0.0746. The highest BCUT2D eigenvalue weighted by molar-refractivity contribution is 7.15. The van der Waals surface area contributed by atoms with E-state index in [2.05, 4.69) is 15.1 Å². The van der Waals surface area contributed by atoms with E-state index in [9.17, 15) is 9.18 Å². The summed E-state index contributed by atoms with van der Waals surface area (Å²) < 4.78 is 13.2. The van der Waals surface area contributed by atoms with Crippen molar-refractivity contribution in [3.8, 4) is 0 Å². The zero-order valence-corrected chi connectivity index (χ0v) is 12.4. The molecule has 1 aromatic carbocycles. The fourth-order valence-electron chi connectivity index (χ4n) is 2.32. The molecule has 1 aliphatic rings. The van der Waals surface area contributed by atoms with Gasteiger partial charge in [0.2, 0.25) is 5.13 Å². The first kappa shape index (κ1) is 13.9. The normalized spacial score (nSPS) is 15.3. The van der Waals surface area contributed by atoms with E-state index in [-0.39, 0.29) is 11.7 Å². The number of piperazine rings is 1. The van der Waals surface area contributed by atoms with Gasteiger partial charge in [-0.3, -0.25) is 4.79 Å². The summed E-state index contributed by atoms with van der Waals surface area (Å²) in [5.41, 5.74) is 0.398. The van der Waals surface area contributed by atoms with Gasteiger partial charge >= 0.3 is 0 Å². The van der Waals surface area contributed by atoms with Crippen molar-refractivity contribution in [2.45, 2.75) is 6.92 Å². The Morgan fingerprint density at radius 2 is 2.00 bits per heavy atom. The molecule has 0 radical (unpaired) electrons. The van der Waals surface area contributed by atoms with Crippen LogP contribution in [0.1, 0.15) is 15.4 Å². The maximum Gasteiger partial charge on any atom is 0.254 e. The largest absolute Gasteiger partial charge is 0.343 e. The van der Waals surface area contributed by atoms with Crippen LogP contribution in [0, 0.1) is 12.7 Å². The maximum atomic E-state index is 13.2. The Kier molecular flexibility index (Phi) is 3.83. The van der Waals surface area contributed by atoms with E-state index in [4.69, 9.17) is 0 Å². The fraction of sp³-hybridized carbons (Fsp3) is 0.357. The number of rotatable bonds is 2. The summed E-state index contributed by atoms with van der Waals surface area (Å²) in [6, 6.07) is 5.82. The number of aryl methyl sites for hydroxylation is 1. The van der Waals surface area contributed by atoms with Gasteiger partial charge < -0.3 is 9.80 Å². The molecule has 110 valence electrons. The van der Waals surface area contributed by atoms with Gasteiger partial charge in [0.25, 0.3) is 5.91 Å². The molecule has 0 bridgehead atoms. The number of carbonyl (C=O) groups excluding carboxylic acids is 1. The number of hydrogen-bond acceptors (Lipinski definition) is 5. The van der Waals surface area contributed by atoms with Gasteiger partial charge in [-0.2, -0.15) is 0 Å². The number of carbonyl (C=O) groups is 1.